The molecule has 1 aliphatic rings. The highest BCUT2D eigenvalue weighted by atomic mass is 19.4. The lowest BCUT2D eigenvalue weighted by Crippen LogP contribution is -2.28. The molecule has 11 heteroatoms. The van der Waals surface area contributed by atoms with Crippen LogP contribution in [0.15, 0.2) is 65.8 Å². The number of amidine groups is 1. The predicted octanol–water partition coefficient (Wildman–Crippen LogP) is 5.26. The van der Waals surface area contributed by atoms with Crippen molar-refractivity contribution in [2.75, 3.05) is 11.9 Å². The number of hydrogen-bond donors (Lipinski definition) is 3. The first-order valence-electron chi connectivity index (χ1n) is 12.7. The average Bonchev–Trinajstić information content (AvgIpc) is 3.33. The summed E-state index contributed by atoms with van der Waals surface area (Å²) in [4.78, 5) is 30.4. The number of aliphatic imine (C=N–C) groups is 1. The summed E-state index contributed by atoms with van der Waals surface area (Å²) >= 11 is 0. The minimum Gasteiger partial charge on any atom is -0.457 e. The number of benzene rings is 2. The molecular weight excluding hydrogens is 523 g/mol. The quantitative estimate of drug-likeness (QED) is 0.351. The first kappa shape index (κ1) is 30.1. The van der Waals surface area contributed by atoms with Gasteiger partial charge in [-0.15, -0.1) is 0 Å². The second-order valence-corrected chi connectivity index (χ2v) is 9.24. The molecule has 0 saturated heterocycles. The highest BCUT2D eigenvalue weighted by Crippen LogP contribution is 2.34. The number of aryl methyl sites for hydroxylation is 2. The lowest BCUT2D eigenvalue weighted by Gasteiger charge is -2.14. The summed E-state index contributed by atoms with van der Waals surface area (Å²) < 4.78 is 45.9. The van der Waals surface area contributed by atoms with Gasteiger partial charge in [0.1, 0.15) is 23.0 Å². The van der Waals surface area contributed by atoms with Gasteiger partial charge < -0.3 is 21.1 Å². The third-order valence-corrected chi connectivity index (χ3v) is 5.74. The largest absolute Gasteiger partial charge is 0.457 e. The average molecular weight is 556 g/mol. The van der Waals surface area contributed by atoms with Gasteiger partial charge in [0.25, 0.3) is 0 Å². The summed E-state index contributed by atoms with van der Waals surface area (Å²) in [6, 6.07) is 15.1. The topological polar surface area (TPSA) is 119 Å². The fraction of sp³-hybridized carbons (Fsp3) is 0.310. The Morgan fingerprint density at radius 1 is 1.12 bits per heavy atom. The predicted molar refractivity (Wildman–Crippen MR) is 147 cm³/mol. The lowest BCUT2D eigenvalue weighted by molar-refractivity contribution is -0.138. The third-order valence-electron chi connectivity index (χ3n) is 5.74. The third kappa shape index (κ3) is 9.11. The summed E-state index contributed by atoms with van der Waals surface area (Å²) in [6.45, 7) is 5.71. The molecule has 2 heterocycles. The van der Waals surface area contributed by atoms with Crippen LogP contribution in [0.5, 0.6) is 11.5 Å². The van der Waals surface area contributed by atoms with E-state index in [-0.39, 0.29) is 41.9 Å². The van der Waals surface area contributed by atoms with Crippen LogP contribution in [0.25, 0.3) is 0 Å². The highest BCUT2D eigenvalue weighted by Gasteiger charge is 2.33. The molecule has 4 rings (SSSR count). The van der Waals surface area contributed by atoms with Crippen LogP contribution in [0.4, 0.5) is 18.9 Å². The second kappa shape index (κ2) is 13.6. The molecule has 0 saturated carbocycles. The van der Waals surface area contributed by atoms with E-state index in [0.717, 1.165) is 17.5 Å². The van der Waals surface area contributed by atoms with E-state index in [1.807, 2.05) is 37.3 Å². The maximum Gasteiger partial charge on any atom is 0.416 e. The summed E-state index contributed by atoms with van der Waals surface area (Å²) in [5.74, 6) is 1.25. The van der Waals surface area contributed by atoms with Crippen molar-refractivity contribution in [2.45, 2.75) is 52.3 Å². The van der Waals surface area contributed by atoms with E-state index in [1.165, 1.54) is 19.1 Å². The van der Waals surface area contributed by atoms with Crippen molar-refractivity contribution in [3.05, 3.63) is 83.2 Å². The van der Waals surface area contributed by atoms with Crippen molar-refractivity contribution in [3.8, 4) is 11.5 Å². The van der Waals surface area contributed by atoms with Crippen molar-refractivity contribution < 1.29 is 27.5 Å². The van der Waals surface area contributed by atoms with Crippen molar-refractivity contribution in [1.29, 1.82) is 0 Å². The SMILES string of the molecule is CC(N)=O.CCc1ccc(NC(=O)CCc2cccc(Oc3ccnc(C4=NCC(C)N4)c3)c2)cc1C(F)(F)F. The molecule has 0 fully saturated rings. The van der Waals surface area contributed by atoms with Crippen LogP contribution in [0.2, 0.25) is 0 Å². The molecule has 1 unspecified atom stereocenters. The van der Waals surface area contributed by atoms with E-state index < -0.39 is 11.7 Å². The fourth-order valence-electron chi connectivity index (χ4n) is 3.92. The number of carbonyl (C=O) groups is 2. The van der Waals surface area contributed by atoms with Crippen LogP contribution >= 0.6 is 0 Å². The molecule has 4 N–H and O–H groups in total. The van der Waals surface area contributed by atoms with Crippen LogP contribution in [0, 0.1) is 0 Å². The Balaban J connectivity index is 0.00000103. The molecular formula is C29H32F3N5O3. The summed E-state index contributed by atoms with van der Waals surface area (Å²) in [5.41, 5.74) is 5.64. The van der Waals surface area contributed by atoms with Crippen molar-refractivity contribution in [1.82, 2.24) is 10.3 Å². The number of rotatable bonds is 8. The molecule has 1 aromatic heterocycles. The number of amides is 2. The number of primary amides is 1. The van der Waals surface area contributed by atoms with Crippen LogP contribution in [-0.4, -0.2) is 35.2 Å². The molecule has 0 spiro atoms. The molecule has 8 nitrogen and oxygen atoms in total. The second-order valence-electron chi connectivity index (χ2n) is 9.24. The van der Waals surface area contributed by atoms with Crippen molar-refractivity contribution in [2.24, 2.45) is 10.7 Å². The van der Waals surface area contributed by atoms with Gasteiger partial charge in [0.15, 0.2) is 0 Å². The van der Waals surface area contributed by atoms with Gasteiger partial charge in [-0.1, -0.05) is 25.1 Å². The van der Waals surface area contributed by atoms with Crippen LogP contribution in [0.1, 0.15) is 49.6 Å². The summed E-state index contributed by atoms with van der Waals surface area (Å²) in [7, 11) is 0. The Morgan fingerprint density at radius 3 is 2.50 bits per heavy atom. The lowest BCUT2D eigenvalue weighted by atomic mass is 10.0. The van der Waals surface area contributed by atoms with Gasteiger partial charge in [-0.3, -0.25) is 19.6 Å². The molecule has 212 valence electrons. The Bertz CT molecular complexity index is 1370. The van der Waals surface area contributed by atoms with Crippen LogP contribution < -0.4 is 21.1 Å². The van der Waals surface area contributed by atoms with Gasteiger partial charge in [0.05, 0.1) is 12.1 Å². The number of aromatic nitrogens is 1. The van der Waals surface area contributed by atoms with Crippen LogP contribution in [-0.2, 0) is 28.6 Å². The van der Waals surface area contributed by atoms with Crippen molar-refractivity contribution in [3.63, 3.8) is 0 Å². The Kier molecular flexibility index (Phi) is 10.2. The first-order chi connectivity index (χ1) is 18.9. The van der Waals surface area contributed by atoms with Gasteiger partial charge in [0, 0.05) is 37.3 Å². The highest BCUT2D eigenvalue weighted by molar-refractivity contribution is 5.98. The van der Waals surface area contributed by atoms with E-state index in [9.17, 15) is 22.8 Å². The van der Waals surface area contributed by atoms with Gasteiger partial charge >= 0.3 is 6.18 Å². The van der Waals surface area contributed by atoms with E-state index in [1.54, 1.807) is 19.2 Å². The Labute approximate surface area is 230 Å². The minimum atomic E-state index is -4.47. The molecule has 0 bridgehead atoms. The number of carbonyl (C=O) groups excluding carboxylic acids is 2. The maximum absolute atomic E-state index is 13.3. The number of alkyl halides is 3. The number of halogens is 3. The number of nitrogens with two attached hydrogens (primary N) is 1. The normalized spacial score (nSPS) is 14.3. The van der Waals surface area contributed by atoms with E-state index in [2.05, 4.69) is 26.3 Å². The van der Waals surface area contributed by atoms with Gasteiger partial charge in [-0.25, -0.2) is 0 Å². The summed E-state index contributed by atoms with van der Waals surface area (Å²) in [5, 5.41) is 5.84. The first-order valence-corrected chi connectivity index (χ1v) is 12.7. The van der Waals surface area contributed by atoms with E-state index in [0.29, 0.717) is 30.2 Å². The zero-order valence-corrected chi connectivity index (χ0v) is 22.5. The maximum atomic E-state index is 13.3. The molecule has 0 radical (unpaired) electrons. The minimum absolute atomic E-state index is 0.115. The number of anilines is 1. The van der Waals surface area contributed by atoms with Gasteiger partial charge in [-0.2, -0.15) is 13.2 Å². The molecule has 2 aromatic carbocycles. The monoisotopic (exact) mass is 555 g/mol. The van der Waals surface area contributed by atoms with Gasteiger partial charge in [-0.05, 0) is 61.2 Å². The van der Waals surface area contributed by atoms with Gasteiger partial charge in [0.2, 0.25) is 11.8 Å². The molecule has 3 aromatic rings. The zero-order valence-electron chi connectivity index (χ0n) is 22.5. The number of nitrogens with one attached hydrogen (secondary N) is 2. The number of pyridine rings is 1. The molecule has 40 heavy (non-hydrogen) atoms. The zero-order chi connectivity index (χ0) is 29.3. The van der Waals surface area contributed by atoms with Crippen LogP contribution in [0.3, 0.4) is 0 Å². The fourth-order valence-corrected chi connectivity index (χ4v) is 3.92. The molecule has 1 aliphatic heterocycles. The smallest absolute Gasteiger partial charge is 0.416 e. The molecule has 2 amide bonds. The Morgan fingerprint density at radius 2 is 1.85 bits per heavy atom. The van der Waals surface area contributed by atoms with E-state index >= 15 is 0 Å². The number of hydrogen-bond acceptors (Lipinski definition) is 6. The Hall–Kier alpha value is -4.41. The van der Waals surface area contributed by atoms with E-state index in [4.69, 9.17) is 4.74 Å². The molecule has 0 aliphatic carbocycles. The summed E-state index contributed by atoms with van der Waals surface area (Å²) in [6.07, 6.45) is -2.04. The number of nitrogens with zero attached hydrogens (tertiary/aromatic N) is 2. The molecule has 1 atom stereocenters. The standard InChI is InChI=1S/C27H27F3N4O2.C2H5NO/c1-3-19-8-9-20(14-23(19)27(28,29)30)34-25(35)10-7-18-5-4-6-21(13-18)36-22-11-12-31-24(15-22)26-32-16-17(2)33-26;1-2(3)4/h4-6,8-9,11-15,17H,3,7,10,16H2,1-2H3,(H,32,33)(H,34,35);1H3,(H2,3,4). The number of ether oxygens (including phenoxy) is 1. The van der Waals surface area contributed by atoms with Crippen molar-refractivity contribution >= 4 is 23.3 Å².